The van der Waals surface area contributed by atoms with Gasteiger partial charge in [0, 0.05) is 11.1 Å². The number of nitrogens with zero attached hydrogens (tertiary/aromatic N) is 2. The maximum atomic E-state index is 12.1. The number of carbonyl (C=O) groups excluding carboxylic acids is 1. The monoisotopic (exact) mass is 388 g/mol. The second kappa shape index (κ2) is 7.19. The molecule has 1 aliphatic heterocycles. The lowest BCUT2D eigenvalue weighted by molar-refractivity contribution is -0.398. The van der Waals surface area contributed by atoms with Gasteiger partial charge in [-0.15, -0.1) is 0 Å². The van der Waals surface area contributed by atoms with Crippen LogP contribution in [-0.2, 0) is 4.79 Å². The van der Waals surface area contributed by atoms with Gasteiger partial charge in [0.05, 0.1) is 15.5 Å². The van der Waals surface area contributed by atoms with Crippen molar-refractivity contribution in [1.29, 1.82) is 0 Å². The molecule has 0 unspecified atom stereocenters. The lowest BCUT2D eigenvalue weighted by Crippen LogP contribution is -2.19. The average molecular weight is 389 g/mol. The fourth-order valence-electron chi connectivity index (χ4n) is 2.23. The first kappa shape index (κ1) is 18.0. The summed E-state index contributed by atoms with van der Waals surface area (Å²) >= 11 is 7.16. The third-order valence-electron chi connectivity index (χ3n) is 3.59. The third kappa shape index (κ3) is 3.71. The van der Waals surface area contributed by atoms with Crippen LogP contribution in [0.3, 0.4) is 0 Å². The molecule has 9 heteroatoms. The maximum Gasteiger partial charge on any atom is 0.264 e. The number of rotatable bonds is 3. The van der Waals surface area contributed by atoms with Crippen LogP contribution in [0.15, 0.2) is 46.3 Å². The van der Waals surface area contributed by atoms with Crippen LogP contribution in [0.25, 0.3) is 6.08 Å². The maximum absolute atomic E-state index is 12.1. The van der Waals surface area contributed by atoms with Crippen LogP contribution < -0.4 is 10.4 Å². The molecule has 0 bridgehead atoms. The van der Waals surface area contributed by atoms with Gasteiger partial charge in [0.2, 0.25) is 0 Å². The Morgan fingerprint density at radius 2 is 2.08 bits per heavy atom. The van der Waals surface area contributed by atoms with Crippen molar-refractivity contribution in [3.05, 3.63) is 67.6 Å². The second-order valence-corrected chi connectivity index (χ2v) is 6.79. The minimum Gasteiger partial charge on any atom is -0.868 e. The Labute approximate surface area is 157 Å². The van der Waals surface area contributed by atoms with E-state index in [9.17, 15) is 20.0 Å². The topological polar surface area (TPSA) is 108 Å². The first-order valence-electron chi connectivity index (χ1n) is 7.35. The molecule has 1 heterocycles. The van der Waals surface area contributed by atoms with Gasteiger partial charge in [0.25, 0.3) is 11.6 Å². The van der Waals surface area contributed by atoms with Gasteiger partial charge >= 0.3 is 0 Å². The van der Waals surface area contributed by atoms with Gasteiger partial charge in [0.15, 0.2) is 5.17 Å². The zero-order valence-corrected chi connectivity index (χ0v) is 14.9. The summed E-state index contributed by atoms with van der Waals surface area (Å²) in [6.45, 7) is 1.82. The van der Waals surface area contributed by atoms with Crippen LogP contribution in [-0.4, -0.2) is 16.0 Å². The molecule has 0 radical (unpaired) electrons. The third-order valence-corrected chi connectivity index (χ3v) is 4.91. The van der Waals surface area contributed by atoms with Crippen LogP contribution in [0.4, 0.5) is 11.4 Å². The van der Waals surface area contributed by atoms with Gasteiger partial charge in [-0.1, -0.05) is 29.8 Å². The van der Waals surface area contributed by atoms with Crippen LogP contribution >= 0.6 is 23.4 Å². The molecule has 0 saturated carbocycles. The number of hydrogen-bond donors (Lipinski definition) is 1. The zero-order chi connectivity index (χ0) is 18.8. The predicted octanol–water partition coefficient (Wildman–Crippen LogP) is 3.52. The number of aliphatic imine (C=N–C) groups is 1. The lowest BCUT2D eigenvalue weighted by Gasteiger charge is -2.06. The average Bonchev–Trinajstić information content (AvgIpc) is 2.93. The van der Waals surface area contributed by atoms with E-state index in [4.69, 9.17) is 11.6 Å². The number of halogens is 1. The van der Waals surface area contributed by atoms with Gasteiger partial charge in [-0.25, -0.2) is 4.99 Å². The molecule has 0 spiro atoms. The second-order valence-electron chi connectivity index (χ2n) is 5.35. The van der Waals surface area contributed by atoms with E-state index in [1.807, 2.05) is 6.92 Å². The summed E-state index contributed by atoms with van der Waals surface area (Å²) in [4.78, 5) is 26.9. The summed E-state index contributed by atoms with van der Waals surface area (Å²) in [5.41, 5.74) is 1.27. The fraction of sp³-hybridized carbons (Fsp3) is 0.0588. The Bertz CT molecular complexity index is 988. The summed E-state index contributed by atoms with van der Waals surface area (Å²) in [7, 11) is 0. The van der Waals surface area contributed by atoms with Crippen molar-refractivity contribution >= 4 is 51.9 Å². The van der Waals surface area contributed by atoms with E-state index in [2.05, 4.69) is 10.3 Å². The van der Waals surface area contributed by atoms with Crippen molar-refractivity contribution in [2.75, 3.05) is 0 Å². The van der Waals surface area contributed by atoms with E-state index in [-0.39, 0.29) is 5.91 Å². The number of benzene rings is 2. The Morgan fingerprint density at radius 1 is 1.31 bits per heavy atom. The number of amidine groups is 1. The standard InChI is InChI=1S/C17H12ClN3O4S/c1-9-11(18)3-2-4-12(9)19-17-20-16(23)15(26-17)8-10-5-6-14(22)13(7-10)21(24)25/h2-8,22H,1H3,(H,19,20,23)/p-1/b15-8-. The molecule has 3 rings (SSSR count). The summed E-state index contributed by atoms with van der Waals surface area (Å²) < 4.78 is 0. The van der Waals surface area contributed by atoms with Crippen molar-refractivity contribution in [1.82, 2.24) is 5.32 Å². The number of nitrogens with one attached hydrogen (secondary N) is 1. The van der Waals surface area contributed by atoms with Crippen molar-refractivity contribution in [3.63, 3.8) is 0 Å². The molecule has 1 amide bonds. The van der Waals surface area contributed by atoms with Gasteiger partial charge in [-0.2, -0.15) is 0 Å². The van der Waals surface area contributed by atoms with Gasteiger partial charge < -0.3 is 10.4 Å². The highest BCUT2D eigenvalue weighted by Gasteiger charge is 2.24. The predicted molar refractivity (Wildman–Crippen MR) is 99.5 cm³/mol. The van der Waals surface area contributed by atoms with E-state index >= 15 is 0 Å². The minimum atomic E-state index is -0.749. The molecule has 132 valence electrons. The Morgan fingerprint density at radius 3 is 2.81 bits per heavy atom. The molecule has 2 aromatic carbocycles. The molecule has 7 nitrogen and oxygen atoms in total. The Balaban J connectivity index is 1.89. The summed E-state index contributed by atoms with van der Waals surface area (Å²) in [6.07, 6.45) is 1.47. The highest BCUT2D eigenvalue weighted by molar-refractivity contribution is 8.18. The number of amides is 1. The summed E-state index contributed by atoms with van der Waals surface area (Å²) in [5.74, 6) is -1.05. The van der Waals surface area contributed by atoms with Crippen LogP contribution in [0, 0.1) is 17.0 Å². The molecular weight excluding hydrogens is 378 g/mol. The van der Waals surface area contributed by atoms with Crippen LogP contribution in [0.2, 0.25) is 5.02 Å². The Kier molecular flexibility index (Phi) is 4.97. The fourth-order valence-corrected chi connectivity index (χ4v) is 3.23. The van der Waals surface area contributed by atoms with Crippen LogP contribution in [0.1, 0.15) is 11.1 Å². The SMILES string of the molecule is Cc1c(Cl)cccc1N=C1NC(=O)/C(=C/c2ccc([O-])c([N+](=O)[O-])c2)S1. The van der Waals surface area contributed by atoms with Crippen molar-refractivity contribution in [2.45, 2.75) is 6.92 Å². The van der Waals surface area contributed by atoms with Crippen molar-refractivity contribution in [2.24, 2.45) is 4.99 Å². The van der Waals surface area contributed by atoms with Gasteiger partial charge in [0.1, 0.15) is 0 Å². The molecule has 0 atom stereocenters. The first-order chi connectivity index (χ1) is 12.3. The smallest absolute Gasteiger partial charge is 0.264 e. The lowest BCUT2D eigenvalue weighted by atomic mass is 10.1. The molecule has 0 aliphatic carbocycles. The van der Waals surface area contributed by atoms with E-state index in [0.29, 0.717) is 26.3 Å². The Hall–Kier alpha value is -2.84. The molecule has 0 aromatic heterocycles. The van der Waals surface area contributed by atoms with E-state index in [0.717, 1.165) is 29.5 Å². The summed E-state index contributed by atoms with van der Waals surface area (Å²) in [6, 6.07) is 8.95. The quantitative estimate of drug-likeness (QED) is 0.491. The first-order valence-corrected chi connectivity index (χ1v) is 8.55. The number of hydrogen-bond acceptors (Lipinski definition) is 6. The van der Waals surface area contributed by atoms with Crippen molar-refractivity contribution < 1.29 is 14.8 Å². The number of carbonyl (C=O) groups is 1. The van der Waals surface area contributed by atoms with Gasteiger partial charge in [-0.3, -0.25) is 14.9 Å². The molecule has 1 saturated heterocycles. The normalized spacial score (nSPS) is 16.9. The highest BCUT2D eigenvalue weighted by Crippen LogP contribution is 2.32. The van der Waals surface area contributed by atoms with Crippen LogP contribution in [0.5, 0.6) is 5.75 Å². The number of nitro groups is 1. The molecule has 26 heavy (non-hydrogen) atoms. The molecule has 2 aromatic rings. The largest absolute Gasteiger partial charge is 0.868 e. The number of thioether (sulfide) groups is 1. The zero-order valence-electron chi connectivity index (χ0n) is 13.4. The van der Waals surface area contributed by atoms with Crippen molar-refractivity contribution in [3.8, 4) is 5.75 Å². The van der Waals surface area contributed by atoms with Gasteiger partial charge in [-0.05, 0) is 53.8 Å². The van der Waals surface area contributed by atoms with E-state index < -0.39 is 16.4 Å². The molecule has 1 N–H and O–H groups in total. The number of nitro benzene ring substituents is 1. The summed E-state index contributed by atoms with van der Waals surface area (Å²) in [5, 5.41) is 25.9. The molecule has 1 aliphatic rings. The molecule has 1 fully saturated rings. The van der Waals surface area contributed by atoms with E-state index in [1.165, 1.54) is 12.1 Å². The minimum absolute atomic E-state index is 0.316. The highest BCUT2D eigenvalue weighted by atomic mass is 35.5. The molecular formula is C17H11ClN3O4S-. The van der Waals surface area contributed by atoms with E-state index in [1.54, 1.807) is 18.2 Å².